The zero-order valence-electron chi connectivity index (χ0n) is 55.6. The van der Waals surface area contributed by atoms with Crippen LogP contribution in [0.2, 0.25) is 0 Å². The minimum Gasteiger partial charge on any atom is -0.453 e. The van der Waals surface area contributed by atoms with Crippen LogP contribution in [0.3, 0.4) is 0 Å². The van der Waals surface area contributed by atoms with Crippen LogP contribution in [0, 0.1) is 0 Å². The molecule has 1 aliphatic heterocycles. The summed E-state index contributed by atoms with van der Waals surface area (Å²) in [7, 11) is 0. The molecule has 0 aliphatic carbocycles. The SMILES string of the molecule is CC(C)(C)c1cc(-c2cc(-c3cc(-c4cc(-c5cc(C(C)(C)C)cc(C(C)(C)C)c5)cc(-c5cc(C(C)(C)I)cc(C(C)(C)I)c5)c4)cc(N4c5ccccc5Oc5ccccc54)c3)cc(-c3cc(C(C)(C)I)cc(C(C)(C)I)c3)c2)cc(C(C)(C)C)c1. The highest BCUT2D eigenvalue weighted by atomic mass is 127. The van der Waals surface area contributed by atoms with Crippen LogP contribution >= 0.6 is 90.4 Å². The van der Waals surface area contributed by atoms with Crippen molar-refractivity contribution in [2.24, 2.45) is 0 Å². The van der Waals surface area contributed by atoms with Gasteiger partial charge in [-0.25, -0.2) is 0 Å². The quantitative estimate of drug-likeness (QED) is 0.0945. The number of fused-ring (bicyclic) bond motifs is 2. The van der Waals surface area contributed by atoms with E-state index in [0.29, 0.717) is 0 Å². The van der Waals surface area contributed by atoms with E-state index in [2.05, 4.69) is 410 Å². The molecule has 0 radical (unpaired) electrons. The second kappa shape index (κ2) is 23.9. The van der Waals surface area contributed by atoms with Gasteiger partial charge in [-0.05, 0) is 291 Å². The highest BCUT2D eigenvalue weighted by Crippen LogP contribution is 2.53. The summed E-state index contributed by atoms with van der Waals surface area (Å²) in [5.41, 5.74) is 27.6. The van der Waals surface area contributed by atoms with Crippen LogP contribution in [0.15, 0.2) is 176 Å². The van der Waals surface area contributed by atoms with E-state index >= 15 is 0 Å². The van der Waals surface area contributed by atoms with Crippen LogP contribution in [0.5, 0.6) is 11.5 Å². The molecule has 456 valence electrons. The van der Waals surface area contributed by atoms with E-state index < -0.39 is 0 Å². The van der Waals surface area contributed by atoms with E-state index in [1.807, 2.05) is 0 Å². The maximum atomic E-state index is 6.74. The maximum absolute atomic E-state index is 6.74. The van der Waals surface area contributed by atoms with Gasteiger partial charge in [0.25, 0.3) is 0 Å². The van der Waals surface area contributed by atoms with Gasteiger partial charge in [0.05, 0.1) is 11.4 Å². The Morgan fingerprint density at radius 3 is 0.659 bits per heavy atom. The summed E-state index contributed by atoms with van der Waals surface area (Å²) >= 11 is 10.5. The van der Waals surface area contributed by atoms with Gasteiger partial charge in [0.15, 0.2) is 11.5 Å². The van der Waals surface area contributed by atoms with E-state index in [9.17, 15) is 0 Å². The number of alkyl halides is 4. The first kappa shape index (κ1) is 66.4. The lowest BCUT2D eigenvalue weighted by atomic mass is 9.78. The van der Waals surface area contributed by atoms with Gasteiger partial charge in [-0.2, -0.15) is 0 Å². The van der Waals surface area contributed by atoms with E-state index in [1.54, 1.807) is 0 Å². The number of halogens is 4. The van der Waals surface area contributed by atoms with Crippen molar-refractivity contribution in [3.63, 3.8) is 0 Å². The monoisotopic (exact) mass is 1610 g/mol. The van der Waals surface area contributed by atoms with Gasteiger partial charge in [0.2, 0.25) is 0 Å². The van der Waals surface area contributed by atoms with Crippen molar-refractivity contribution in [2.45, 2.75) is 174 Å². The molecule has 9 aromatic carbocycles. The number of nitrogens with zero attached hydrogens (tertiary/aromatic N) is 1. The third-order valence-electron chi connectivity index (χ3n) is 17.4. The number of hydrogen-bond donors (Lipinski definition) is 0. The third kappa shape index (κ3) is 14.7. The molecule has 0 saturated carbocycles. The second-order valence-corrected chi connectivity index (χ2v) is 41.6. The number of para-hydroxylation sites is 4. The van der Waals surface area contributed by atoms with Crippen LogP contribution in [0.4, 0.5) is 17.1 Å². The average molecular weight is 1610 g/mol. The summed E-state index contributed by atoms with van der Waals surface area (Å²) in [6.45, 7) is 46.7. The number of rotatable bonds is 11. The Morgan fingerprint density at radius 1 is 0.239 bits per heavy atom. The predicted octanol–water partition coefficient (Wildman–Crippen LogP) is 27.1. The molecule has 1 heterocycles. The molecule has 9 aromatic rings. The Bertz CT molecular complexity index is 3560. The van der Waals surface area contributed by atoms with Gasteiger partial charge in [-0.15, -0.1) is 0 Å². The molecule has 0 bridgehead atoms. The summed E-state index contributed by atoms with van der Waals surface area (Å²) in [5, 5.41) is 0. The highest BCUT2D eigenvalue weighted by molar-refractivity contribution is 14.1. The average Bonchev–Trinajstić information content (AvgIpc) is 1.20. The standard InChI is InChI=1S/C82H89I4NO/c1-75(2,3)62-36-58(37-63(46-62)76(4,5)6)52-29-50(31-54(33-52)60-40-66(79(13,14)83)48-67(41-60)80(15,16)84)56-35-57(45-70(44-56)87-71-25-21-23-27-73(71)88-74-28-24-22-26-72(74)87)51-30-53(59-38-64(77(7,8)9)47-65(39-59)78(10,11)12)34-55(32-51)61-42-68(81(17,18)85)49-69(43-61)82(19,20)86/h21-49H,1-20H3. The van der Waals surface area contributed by atoms with E-state index in [1.165, 1.54) is 89.0 Å². The summed E-state index contributed by atoms with van der Waals surface area (Å²) in [5.74, 6) is 1.64. The molecule has 0 saturated heterocycles. The van der Waals surface area contributed by atoms with E-state index in [4.69, 9.17) is 4.74 Å². The topological polar surface area (TPSA) is 12.5 Å². The van der Waals surface area contributed by atoms with Gasteiger partial charge >= 0.3 is 0 Å². The zero-order valence-corrected chi connectivity index (χ0v) is 64.2. The lowest BCUT2D eigenvalue weighted by Crippen LogP contribution is -2.16. The molecule has 0 aromatic heterocycles. The second-order valence-electron chi connectivity index (χ2n) is 30.8. The summed E-state index contributed by atoms with van der Waals surface area (Å²) in [6, 6.07) is 68.4. The molecular weight excluding hydrogens is 1520 g/mol. The Labute approximate surface area is 583 Å². The third-order valence-corrected chi connectivity index (χ3v) is 19.9. The lowest BCUT2D eigenvalue weighted by Gasteiger charge is -2.33. The fourth-order valence-corrected chi connectivity index (χ4v) is 12.8. The Morgan fingerprint density at radius 2 is 0.432 bits per heavy atom. The molecule has 0 spiro atoms. The molecule has 0 fully saturated rings. The van der Waals surface area contributed by atoms with Crippen molar-refractivity contribution >= 4 is 107 Å². The predicted molar refractivity (Wildman–Crippen MR) is 417 cm³/mol. The summed E-state index contributed by atoms with van der Waals surface area (Å²) in [6.07, 6.45) is 0. The van der Waals surface area contributed by atoms with Crippen molar-refractivity contribution in [1.82, 2.24) is 0 Å². The van der Waals surface area contributed by atoms with Crippen molar-refractivity contribution in [3.8, 4) is 78.3 Å². The van der Waals surface area contributed by atoms with Crippen LogP contribution in [-0.2, 0) is 35.3 Å². The molecule has 10 rings (SSSR count). The largest absolute Gasteiger partial charge is 0.453 e. The summed E-state index contributed by atoms with van der Waals surface area (Å²) in [4.78, 5) is 2.42. The van der Waals surface area contributed by atoms with Crippen molar-refractivity contribution in [3.05, 3.63) is 220 Å². The van der Waals surface area contributed by atoms with Crippen molar-refractivity contribution in [1.29, 1.82) is 0 Å². The van der Waals surface area contributed by atoms with Crippen LogP contribution in [-0.4, -0.2) is 0 Å². The fraction of sp³-hybridized carbons (Fsp3) is 0.341. The molecule has 2 nitrogen and oxygen atoms in total. The molecule has 88 heavy (non-hydrogen) atoms. The smallest absolute Gasteiger partial charge is 0.151 e. The fourth-order valence-electron chi connectivity index (χ4n) is 11.6. The minimum absolute atomic E-state index is 0.0667. The molecule has 0 N–H and O–H groups in total. The molecule has 0 unspecified atom stereocenters. The van der Waals surface area contributed by atoms with Gasteiger partial charge in [0, 0.05) is 19.4 Å². The number of hydrogen-bond acceptors (Lipinski definition) is 2. The van der Waals surface area contributed by atoms with Crippen LogP contribution < -0.4 is 9.64 Å². The highest BCUT2D eigenvalue weighted by Gasteiger charge is 2.30. The first-order chi connectivity index (χ1) is 40.6. The molecular formula is C82H89I4NO. The molecule has 6 heteroatoms. The van der Waals surface area contributed by atoms with Gasteiger partial charge in [0.1, 0.15) is 0 Å². The Hall–Kier alpha value is -4.50. The lowest BCUT2D eigenvalue weighted by molar-refractivity contribution is 0.477. The van der Waals surface area contributed by atoms with Crippen molar-refractivity contribution < 1.29 is 4.74 Å². The van der Waals surface area contributed by atoms with Gasteiger partial charge in [-0.1, -0.05) is 246 Å². The van der Waals surface area contributed by atoms with E-state index in [-0.39, 0.29) is 35.3 Å². The number of benzene rings is 9. The van der Waals surface area contributed by atoms with Crippen molar-refractivity contribution in [2.75, 3.05) is 4.90 Å². The van der Waals surface area contributed by atoms with E-state index in [0.717, 1.165) is 50.8 Å². The van der Waals surface area contributed by atoms with Crippen LogP contribution in [0.25, 0.3) is 66.8 Å². The first-order valence-electron chi connectivity index (χ1n) is 31.1. The van der Waals surface area contributed by atoms with Crippen LogP contribution in [0.1, 0.15) is 183 Å². The minimum atomic E-state index is -0.0983. The Balaban J connectivity index is 1.35. The summed E-state index contributed by atoms with van der Waals surface area (Å²) < 4.78 is 6.35. The molecule has 1 aliphatic rings. The number of anilines is 3. The maximum Gasteiger partial charge on any atom is 0.151 e. The molecule has 0 atom stereocenters. The molecule has 0 amide bonds. The zero-order chi connectivity index (χ0) is 64.2. The van der Waals surface area contributed by atoms with Gasteiger partial charge in [-0.3, -0.25) is 0 Å². The first-order valence-corrected chi connectivity index (χ1v) is 35.4. The number of ether oxygens (including phenoxy) is 1. The van der Waals surface area contributed by atoms with Gasteiger partial charge < -0.3 is 9.64 Å². The Kier molecular flexibility index (Phi) is 18.0. The normalized spacial score (nSPS) is 13.5.